The second-order valence-electron chi connectivity index (χ2n) is 5.84. The van der Waals surface area contributed by atoms with E-state index in [0.717, 1.165) is 28.0 Å². The van der Waals surface area contributed by atoms with E-state index in [1.165, 1.54) is 22.9 Å². The van der Waals surface area contributed by atoms with Gasteiger partial charge in [-0.05, 0) is 42.8 Å². The molecular weight excluding hydrogens is 377 g/mol. The molecule has 1 aromatic carbocycles. The average Bonchev–Trinajstić information content (AvgIpc) is 2.90. The number of aromatic nitrogens is 3. The van der Waals surface area contributed by atoms with Crippen LogP contribution in [0.25, 0.3) is 5.69 Å². The number of nitrogens with zero attached hydrogens (tertiary/aromatic N) is 3. The molecule has 0 amide bonds. The van der Waals surface area contributed by atoms with E-state index < -0.39 is 17.8 Å². The molecular formula is C18H17F3N4O3. The van der Waals surface area contributed by atoms with E-state index >= 15 is 0 Å². The lowest BCUT2D eigenvalue weighted by Gasteiger charge is -2.10. The number of aromatic hydroxyl groups is 1. The Bertz CT molecular complexity index is 1010. The molecule has 0 atom stereocenters. The largest absolute Gasteiger partial charge is 0.573 e. The van der Waals surface area contributed by atoms with Crippen LogP contribution in [0.1, 0.15) is 12.5 Å². The fraction of sp³-hybridized carbons (Fsp3) is 0.222. The summed E-state index contributed by atoms with van der Waals surface area (Å²) in [5.41, 5.74) is 1.22. The van der Waals surface area contributed by atoms with E-state index in [2.05, 4.69) is 15.0 Å². The normalized spacial score (nSPS) is 11.4. The van der Waals surface area contributed by atoms with Crippen molar-refractivity contribution in [3.05, 3.63) is 65.0 Å². The van der Waals surface area contributed by atoms with Gasteiger partial charge in [0.15, 0.2) is 0 Å². The second kappa shape index (κ2) is 7.67. The van der Waals surface area contributed by atoms with Gasteiger partial charge in [0.25, 0.3) is 0 Å². The van der Waals surface area contributed by atoms with Crippen molar-refractivity contribution in [3.63, 3.8) is 0 Å². The van der Waals surface area contributed by atoms with Crippen molar-refractivity contribution in [1.29, 1.82) is 0 Å². The molecule has 0 unspecified atom stereocenters. The Labute approximate surface area is 157 Å². The third kappa shape index (κ3) is 4.27. The predicted molar refractivity (Wildman–Crippen MR) is 95.9 cm³/mol. The lowest BCUT2D eigenvalue weighted by Crippen LogP contribution is -2.24. The highest BCUT2D eigenvalue weighted by Crippen LogP contribution is 2.25. The van der Waals surface area contributed by atoms with Gasteiger partial charge in [-0.25, -0.2) is 9.36 Å². The standard InChI is InChI=1S/C18H17F3N4O3/c1-2-23-15-9-22-8-7-12(15)10-24-11-16(26)25(17(24)27)13-3-5-14(6-4-13)28-18(19,20)21/h3-9,11,23,26H,2,10H2,1H3. The van der Waals surface area contributed by atoms with Crippen molar-refractivity contribution >= 4 is 5.69 Å². The van der Waals surface area contributed by atoms with Crippen LogP contribution in [-0.2, 0) is 6.54 Å². The smallest absolute Gasteiger partial charge is 0.493 e. The number of hydrogen-bond acceptors (Lipinski definition) is 5. The molecule has 0 spiro atoms. The Morgan fingerprint density at radius 1 is 1.21 bits per heavy atom. The molecule has 0 aliphatic heterocycles. The lowest BCUT2D eigenvalue weighted by molar-refractivity contribution is -0.274. The number of hydrogen-bond donors (Lipinski definition) is 2. The Morgan fingerprint density at radius 2 is 1.93 bits per heavy atom. The highest BCUT2D eigenvalue weighted by atomic mass is 19.4. The zero-order valence-corrected chi connectivity index (χ0v) is 14.8. The second-order valence-corrected chi connectivity index (χ2v) is 5.84. The van der Waals surface area contributed by atoms with Crippen molar-refractivity contribution in [3.8, 4) is 17.3 Å². The topological polar surface area (TPSA) is 81.3 Å². The number of ether oxygens (including phenoxy) is 1. The van der Waals surface area contributed by atoms with Gasteiger partial charge in [-0.1, -0.05) is 0 Å². The number of benzene rings is 1. The molecule has 2 heterocycles. The molecule has 148 valence electrons. The van der Waals surface area contributed by atoms with Crippen molar-refractivity contribution in [2.75, 3.05) is 11.9 Å². The maximum atomic E-state index is 12.7. The summed E-state index contributed by atoms with van der Waals surface area (Å²) in [6.45, 7) is 2.78. The number of nitrogens with one attached hydrogen (secondary N) is 1. The Balaban J connectivity index is 1.90. The van der Waals surface area contributed by atoms with Crippen LogP contribution in [-0.4, -0.2) is 32.1 Å². The Kier molecular flexibility index (Phi) is 5.30. The van der Waals surface area contributed by atoms with Gasteiger partial charge in [0, 0.05) is 12.7 Å². The summed E-state index contributed by atoms with van der Waals surface area (Å²) in [7, 11) is 0. The third-order valence-corrected chi connectivity index (χ3v) is 3.89. The summed E-state index contributed by atoms with van der Waals surface area (Å²) < 4.78 is 42.9. The molecule has 0 bridgehead atoms. The van der Waals surface area contributed by atoms with E-state index in [4.69, 9.17) is 0 Å². The van der Waals surface area contributed by atoms with Crippen molar-refractivity contribution in [1.82, 2.24) is 14.1 Å². The van der Waals surface area contributed by atoms with E-state index in [0.29, 0.717) is 6.54 Å². The van der Waals surface area contributed by atoms with Gasteiger partial charge in [0.2, 0.25) is 5.88 Å². The van der Waals surface area contributed by atoms with E-state index in [1.807, 2.05) is 6.92 Å². The molecule has 0 radical (unpaired) electrons. The van der Waals surface area contributed by atoms with Crippen LogP contribution < -0.4 is 15.7 Å². The quantitative estimate of drug-likeness (QED) is 0.672. The molecule has 2 N–H and O–H groups in total. The van der Waals surface area contributed by atoms with E-state index in [1.54, 1.807) is 18.5 Å². The SMILES string of the molecule is CCNc1cnccc1Cn1cc(O)n(-c2ccc(OC(F)(F)F)cc2)c1=O. The minimum Gasteiger partial charge on any atom is -0.493 e. The first-order valence-corrected chi connectivity index (χ1v) is 8.32. The van der Waals surface area contributed by atoms with Crippen LogP contribution in [0.2, 0.25) is 0 Å². The van der Waals surface area contributed by atoms with E-state index in [9.17, 15) is 23.1 Å². The molecule has 0 aliphatic carbocycles. The van der Waals surface area contributed by atoms with Crippen LogP contribution in [0.15, 0.2) is 53.7 Å². The zero-order chi connectivity index (χ0) is 20.3. The van der Waals surface area contributed by atoms with Crippen LogP contribution in [0, 0.1) is 0 Å². The number of rotatable bonds is 6. The first kappa shape index (κ1) is 19.3. The van der Waals surface area contributed by atoms with Crippen LogP contribution in [0.4, 0.5) is 18.9 Å². The molecule has 3 rings (SSSR count). The van der Waals surface area contributed by atoms with Gasteiger partial charge < -0.3 is 15.2 Å². The highest BCUT2D eigenvalue weighted by molar-refractivity contribution is 5.49. The molecule has 0 saturated carbocycles. The summed E-state index contributed by atoms with van der Waals surface area (Å²) in [4.78, 5) is 16.7. The summed E-state index contributed by atoms with van der Waals surface area (Å²) in [6, 6.07) is 6.39. The summed E-state index contributed by atoms with van der Waals surface area (Å²) in [5, 5.41) is 13.3. The highest BCUT2D eigenvalue weighted by Gasteiger charge is 2.31. The minimum absolute atomic E-state index is 0.180. The van der Waals surface area contributed by atoms with Gasteiger partial charge in [-0.2, -0.15) is 0 Å². The first-order chi connectivity index (χ1) is 13.3. The Morgan fingerprint density at radius 3 is 2.57 bits per heavy atom. The average molecular weight is 394 g/mol. The van der Waals surface area contributed by atoms with Gasteiger partial charge in [0.05, 0.1) is 30.3 Å². The number of imidazole rings is 1. The maximum Gasteiger partial charge on any atom is 0.573 e. The lowest BCUT2D eigenvalue weighted by atomic mass is 10.2. The summed E-state index contributed by atoms with van der Waals surface area (Å²) >= 11 is 0. The van der Waals surface area contributed by atoms with Gasteiger partial charge in [0.1, 0.15) is 5.75 Å². The van der Waals surface area contributed by atoms with Gasteiger partial charge in [-0.15, -0.1) is 13.2 Å². The van der Waals surface area contributed by atoms with Crippen LogP contribution in [0.5, 0.6) is 11.6 Å². The summed E-state index contributed by atoms with van der Waals surface area (Å²) in [6.07, 6.45) is -0.311. The molecule has 10 heteroatoms. The number of anilines is 1. The van der Waals surface area contributed by atoms with Gasteiger partial charge in [-0.3, -0.25) is 9.55 Å². The fourth-order valence-electron chi connectivity index (χ4n) is 2.73. The molecule has 0 saturated heterocycles. The van der Waals surface area contributed by atoms with Crippen molar-refractivity contribution < 1.29 is 23.0 Å². The molecule has 0 fully saturated rings. The third-order valence-electron chi connectivity index (χ3n) is 3.89. The summed E-state index contributed by atoms with van der Waals surface area (Å²) in [5.74, 6) is -0.760. The minimum atomic E-state index is -4.81. The fourth-order valence-corrected chi connectivity index (χ4v) is 2.73. The number of pyridine rings is 1. The van der Waals surface area contributed by atoms with Crippen molar-refractivity contribution in [2.24, 2.45) is 0 Å². The van der Waals surface area contributed by atoms with Gasteiger partial charge >= 0.3 is 12.1 Å². The molecule has 7 nitrogen and oxygen atoms in total. The monoisotopic (exact) mass is 394 g/mol. The zero-order valence-electron chi connectivity index (χ0n) is 14.8. The molecule has 2 aromatic heterocycles. The number of halogens is 3. The Hall–Kier alpha value is -3.43. The maximum absolute atomic E-state index is 12.7. The molecule has 28 heavy (non-hydrogen) atoms. The molecule has 0 aliphatic rings. The molecule has 3 aromatic rings. The van der Waals surface area contributed by atoms with Crippen LogP contribution >= 0.6 is 0 Å². The predicted octanol–water partition coefficient (Wildman–Crippen LogP) is 3.12. The van der Waals surface area contributed by atoms with Crippen LogP contribution in [0.3, 0.4) is 0 Å². The van der Waals surface area contributed by atoms with Crippen molar-refractivity contribution in [2.45, 2.75) is 19.8 Å². The first-order valence-electron chi connectivity index (χ1n) is 8.32. The number of alkyl halides is 3. The van der Waals surface area contributed by atoms with E-state index in [-0.39, 0.29) is 18.1 Å².